The number of nitrogens with one attached hydrogen (secondary N) is 2. The number of carbonyl (C=O) groups is 1. The molecule has 1 fully saturated rings. The Morgan fingerprint density at radius 2 is 1.89 bits per heavy atom. The Hall–Kier alpha value is -2.34. The monoisotopic (exact) mass is 374 g/mol. The van der Waals surface area contributed by atoms with Crippen LogP contribution in [0.15, 0.2) is 39.6 Å². The van der Waals surface area contributed by atoms with E-state index in [2.05, 4.69) is 55.5 Å². The lowest BCUT2D eigenvalue weighted by molar-refractivity contribution is -0.134. The second-order valence-corrected chi connectivity index (χ2v) is 8.16. The van der Waals surface area contributed by atoms with Crippen LogP contribution in [0.1, 0.15) is 63.3 Å². The highest BCUT2D eigenvalue weighted by molar-refractivity contribution is 5.62. The van der Waals surface area contributed by atoms with Gasteiger partial charge in [-0.3, -0.25) is 9.59 Å². The van der Waals surface area contributed by atoms with Gasteiger partial charge in [0.2, 0.25) is 0 Å². The maximum absolute atomic E-state index is 11.3. The average molecular weight is 374 g/mol. The maximum Gasteiger partial charge on any atom is 0.300 e. The molecule has 0 amide bonds. The second kappa shape index (κ2) is 9.04. The van der Waals surface area contributed by atoms with Crippen LogP contribution in [0, 0.1) is 0 Å². The zero-order valence-corrected chi connectivity index (χ0v) is 16.5. The van der Waals surface area contributed by atoms with Crippen molar-refractivity contribution in [2.45, 2.75) is 64.3 Å². The highest BCUT2D eigenvalue weighted by Crippen LogP contribution is 2.28. The number of H-pyrrole nitrogens is 1. The first-order valence-electron chi connectivity index (χ1n) is 9.36. The molecule has 148 valence electrons. The summed E-state index contributed by atoms with van der Waals surface area (Å²) in [5.74, 6) is 0.290. The minimum absolute atomic E-state index is 0.146. The van der Waals surface area contributed by atoms with Gasteiger partial charge in [0.15, 0.2) is 0 Å². The molecule has 0 bridgehead atoms. The van der Waals surface area contributed by atoms with Gasteiger partial charge < -0.3 is 14.9 Å². The van der Waals surface area contributed by atoms with Crippen LogP contribution in [-0.2, 0) is 16.6 Å². The topological polar surface area (TPSA) is 95.3 Å². The lowest BCUT2D eigenvalue weighted by Gasteiger charge is -2.29. The Balaban J connectivity index is 0.000000596. The van der Waals surface area contributed by atoms with Crippen molar-refractivity contribution in [1.82, 2.24) is 10.5 Å². The molecule has 6 nitrogen and oxygen atoms in total. The minimum Gasteiger partial charge on any atom is -0.481 e. The van der Waals surface area contributed by atoms with Crippen LogP contribution >= 0.6 is 0 Å². The molecule has 2 aromatic rings. The molecule has 1 aliphatic rings. The molecule has 1 aromatic heterocycles. The average Bonchev–Trinajstić information content (AvgIpc) is 3.01. The van der Waals surface area contributed by atoms with E-state index in [-0.39, 0.29) is 11.0 Å². The summed E-state index contributed by atoms with van der Waals surface area (Å²) in [4.78, 5) is 20.3. The van der Waals surface area contributed by atoms with Crippen molar-refractivity contribution in [2.24, 2.45) is 0 Å². The zero-order chi connectivity index (χ0) is 20.0. The molecule has 1 aromatic carbocycles. The van der Waals surface area contributed by atoms with Gasteiger partial charge in [0.25, 0.3) is 11.5 Å². The van der Waals surface area contributed by atoms with Gasteiger partial charge in [0.05, 0.1) is 0 Å². The van der Waals surface area contributed by atoms with Gasteiger partial charge in [-0.2, -0.15) is 5.16 Å². The summed E-state index contributed by atoms with van der Waals surface area (Å²) in [6.45, 7) is 8.75. The number of carboxylic acid groups (broad SMARTS) is 1. The van der Waals surface area contributed by atoms with Crippen molar-refractivity contribution in [2.75, 3.05) is 6.54 Å². The smallest absolute Gasteiger partial charge is 0.300 e. The van der Waals surface area contributed by atoms with Gasteiger partial charge in [0.1, 0.15) is 5.76 Å². The van der Waals surface area contributed by atoms with Crippen LogP contribution in [0.4, 0.5) is 0 Å². The first-order valence-corrected chi connectivity index (χ1v) is 9.36. The first-order chi connectivity index (χ1) is 12.6. The number of piperidine rings is 1. The van der Waals surface area contributed by atoms with E-state index in [1.807, 2.05) is 0 Å². The summed E-state index contributed by atoms with van der Waals surface area (Å²) < 4.78 is 5.29. The van der Waals surface area contributed by atoms with E-state index in [0.717, 1.165) is 38.5 Å². The number of aromatic nitrogens is 1. The van der Waals surface area contributed by atoms with Gasteiger partial charge in [-0.15, -0.1) is 0 Å². The molecule has 1 saturated heterocycles. The molecule has 0 aliphatic carbocycles. The molecule has 0 unspecified atom stereocenters. The summed E-state index contributed by atoms with van der Waals surface area (Å²) in [6, 6.07) is 11.0. The van der Waals surface area contributed by atoms with E-state index >= 15 is 0 Å². The molecule has 27 heavy (non-hydrogen) atoms. The highest BCUT2D eigenvalue weighted by atomic mass is 16.5. The normalized spacial score (nSPS) is 19.9. The fraction of sp³-hybridized carbons (Fsp3) is 0.524. The van der Waals surface area contributed by atoms with E-state index < -0.39 is 5.97 Å². The maximum atomic E-state index is 11.3. The summed E-state index contributed by atoms with van der Waals surface area (Å²) in [5.41, 5.74) is 2.77. The second-order valence-electron chi connectivity index (χ2n) is 8.16. The van der Waals surface area contributed by atoms with Crippen molar-refractivity contribution in [1.29, 1.82) is 0 Å². The summed E-state index contributed by atoms with van der Waals surface area (Å²) in [5, 5.41) is 13.4. The Morgan fingerprint density at radius 3 is 2.41 bits per heavy atom. The van der Waals surface area contributed by atoms with Crippen LogP contribution in [0.25, 0.3) is 0 Å². The number of aliphatic carboxylic acids is 1. The first kappa shape index (κ1) is 21.0. The number of benzene rings is 1. The number of aromatic amines is 1. The van der Waals surface area contributed by atoms with Gasteiger partial charge in [0, 0.05) is 24.9 Å². The van der Waals surface area contributed by atoms with Gasteiger partial charge in [-0.05, 0) is 42.3 Å². The largest absolute Gasteiger partial charge is 0.481 e. The molecule has 0 saturated carbocycles. The fourth-order valence-electron chi connectivity index (χ4n) is 3.34. The predicted molar refractivity (Wildman–Crippen MR) is 105 cm³/mol. The van der Waals surface area contributed by atoms with Crippen molar-refractivity contribution in [3.05, 3.63) is 57.6 Å². The molecule has 3 N–H and O–H groups in total. The molecule has 1 aliphatic heterocycles. The van der Waals surface area contributed by atoms with E-state index in [9.17, 15) is 4.79 Å². The highest BCUT2D eigenvalue weighted by Gasteiger charge is 2.25. The van der Waals surface area contributed by atoms with Crippen molar-refractivity contribution < 1.29 is 14.4 Å². The molecule has 2 atom stereocenters. The quantitative estimate of drug-likeness (QED) is 0.765. The van der Waals surface area contributed by atoms with E-state index in [4.69, 9.17) is 14.4 Å². The van der Waals surface area contributed by atoms with Gasteiger partial charge >= 0.3 is 0 Å². The lowest BCUT2D eigenvalue weighted by atomic mass is 9.85. The third kappa shape index (κ3) is 6.71. The molecule has 0 radical (unpaired) electrons. The Kier molecular flexibility index (Phi) is 7.02. The third-order valence-electron chi connectivity index (χ3n) is 4.74. The van der Waals surface area contributed by atoms with Crippen LogP contribution in [0.5, 0.6) is 0 Å². The van der Waals surface area contributed by atoms with E-state index in [1.165, 1.54) is 11.1 Å². The van der Waals surface area contributed by atoms with Crippen LogP contribution in [0.2, 0.25) is 0 Å². The van der Waals surface area contributed by atoms with Gasteiger partial charge in [-0.25, -0.2) is 0 Å². The van der Waals surface area contributed by atoms with Crippen molar-refractivity contribution >= 4 is 5.97 Å². The Labute approximate surface area is 160 Å². The minimum atomic E-state index is -0.833. The van der Waals surface area contributed by atoms with Crippen molar-refractivity contribution in [3.8, 4) is 0 Å². The van der Waals surface area contributed by atoms with Crippen LogP contribution in [-0.4, -0.2) is 28.8 Å². The fourth-order valence-corrected chi connectivity index (χ4v) is 3.34. The molecule has 0 spiro atoms. The summed E-state index contributed by atoms with van der Waals surface area (Å²) >= 11 is 0. The van der Waals surface area contributed by atoms with E-state index in [1.54, 1.807) is 6.07 Å². The summed E-state index contributed by atoms with van der Waals surface area (Å²) in [6.07, 6.45) is 3.03. The lowest BCUT2D eigenvalue weighted by Crippen LogP contribution is -2.38. The third-order valence-corrected chi connectivity index (χ3v) is 4.74. The Bertz CT molecular complexity index is 780. The molecular formula is C21H30N2O4. The number of hydrogen-bond acceptors (Lipinski definition) is 4. The Morgan fingerprint density at radius 1 is 1.26 bits per heavy atom. The van der Waals surface area contributed by atoms with Crippen LogP contribution < -0.4 is 10.9 Å². The van der Waals surface area contributed by atoms with Crippen LogP contribution in [0.3, 0.4) is 0 Å². The van der Waals surface area contributed by atoms with E-state index in [0.29, 0.717) is 12.0 Å². The van der Waals surface area contributed by atoms with Gasteiger partial charge in [-0.1, -0.05) is 45.0 Å². The molecular weight excluding hydrogens is 344 g/mol. The summed E-state index contributed by atoms with van der Waals surface area (Å²) in [7, 11) is 0. The molecule has 6 heteroatoms. The van der Waals surface area contributed by atoms with Crippen molar-refractivity contribution in [3.63, 3.8) is 0 Å². The number of carboxylic acids is 1. The molecule has 3 rings (SSSR count). The zero-order valence-electron chi connectivity index (χ0n) is 16.5. The number of hydrogen-bond donors (Lipinski definition) is 3. The molecule has 2 heterocycles. The standard InChI is InChI=1S/C19H26N2O2.C2H4O2/c1-19(2,3)15-6-4-13(5-7-15)10-16-11-14(8-9-20-16)17-12-18(22)21-23-17;1-2(3)4/h4-7,12,14,16,20H,8-11H2,1-3H3,(H,21,22);1H3,(H,3,4)/t14-,16-;/m0./s1. The number of rotatable bonds is 3. The predicted octanol–water partition coefficient (Wildman–Crippen LogP) is 3.43. The SMILES string of the molecule is CC(=O)O.CC(C)(C)c1ccc(C[C@H]2C[C@@H](c3cc(=O)[nH]o3)CCN2)cc1.